The van der Waals surface area contributed by atoms with Gasteiger partial charge in [-0.15, -0.1) is 0 Å². The van der Waals surface area contributed by atoms with Crippen molar-refractivity contribution in [3.8, 4) is 0 Å². The molecule has 0 atom stereocenters. The van der Waals surface area contributed by atoms with E-state index in [-0.39, 0.29) is 12.0 Å². The van der Waals surface area contributed by atoms with Crippen LogP contribution in [0.1, 0.15) is 44.2 Å². The Morgan fingerprint density at radius 1 is 1.40 bits per heavy atom. The van der Waals surface area contributed by atoms with E-state index in [0.717, 1.165) is 41.4 Å². The molecular weight excluding hydrogens is 272 g/mol. The molecule has 5 heteroatoms. The minimum Gasteiger partial charge on any atom is -0.391 e. The molecule has 0 unspecified atom stereocenters. The van der Waals surface area contributed by atoms with Crippen molar-refractivity contribution in [2.24, 2.45) is 5.92 Å². The molecule has 1 fully saturated rings. The maximum atomic E-state index is 9.49. The third-order valence-electron chi connectivity index (χ3n) is 3.49. The van der Waals surface area contributed by atoms with Gasteiger partial charge in [0.2, 0.25) is 0 Å². The van der Waals surface area contributed by atoms with E-state index >= 15 is 0 Å². The summed E-state index contributed by atoms with van der Waals surface area (Å²) < 4.78 is 5.67. The number of anilines is 1. The Hall–Kier alpha value is -0.650. The third kappa shape index (κ3) is 4.17. The van der Waals surface area contributed by atoms with Crippen LogP contribution >= 0.6 is 11.3 Å². The number of likely N-dealkylation sites (N-methyl/N-ethyl adjacent to an activating group) is 1. The molecular formula is C15H26N2O2S. The lowest BCUT2D eigenvalue weighted by molar-refractivity contribution is 0.131. The molecule has 0 aliphatic heterocycles. The molecule has 0 radical (unpaired) electrons. The van der Waals surface area contributed by atoms with E-state index in [2.05, 4.69) is 25.7 Å². The minimum absolute atomic E-state index is 0.0316. The molecule has 1 N–H and O–H groups in total. The molecule has 0 aromatic carbocycles. The Labute approximate surface area is 125 Å². The van der Waals surface area contributed by atoms with Crippen LogP contribution < -0.4 is 4.90 Å². The van der Waals surface area contributed by atoms with E-state index in [9.17, 15) is 5.11 Å². The Kier molecular flexibility index (Phi) is 5.04. The summed E-state index contributed by atoms with van der Waals surface area (Å²) in [6.45, 7) is 8.94. The zero-order chi connectivity index (χ0) is 14.8. The molecule has 1 aromatic rings. The molecule has 1 aliphatic carbocycles. The molecule has 2 rings (SSSR count). The smallest absolute Gasteiger partial charge is 0.185 e. The topological polar surface area (TPSA) is 45.6 Å². The summed E-state index contributed by atoms with van der Waals surface area (Å²) in [6, 6.07) is 0. The standard InChI is InChI=1S/C15H26N2O2S/c1-15(2,3)13-12(9-18)20-14(16-13)17(4)7-8-19-10-11-5-6-11/h11,18H,5-10H2,1-4H3. The van der Waals surface area contributed by atoms with E-state index in [4.69, 9.17) is 9.72 Å². The highest BCUT2D eigenvalue weighted by Gasteiger charge is 2.24. The van der Waals surface area contributed by atoms with E-state index in [1.54, 1.807) is 11.3 Å². The number of nitrogens with zero attached hydrogens (tertiary/aromatic N) is 2. The quantitative estimate of drug-likeness (QED) is 0.786. The molecule has 1 aromatic heterocycles. The molecule has 114 valence electrons. The lowest BCUT2D eigenvalue weighted by Crippen LogP contribution is -2.23. The van der Waals surface area contributed by atoms with Crippen molar-refractivity contribution in [3.63, 3.8) is 0 Å². The summed E-state index contributed by atoms with van der Waals surface area (Å²) in [5.41, 5.74) is 0.974. The summed E-state index contributed by atoms with van der Waals surface area (Å²) >= 11 is 1.58. The van der Waals surface area contributed by atoms with Gasteiger partial charge >= 0.3 is 0 Å². The molecule has 20 heavy (non-hydrogen) atoms. The van der Waals surface area contributed by atoms with E-state index < -0.39 is 0 Å². The van der Waals surface area contributed by atoms with Gasteiger partial charge in [0.05, 0.1) is 23.8 Å². The fraction of sp³-hybridized carbons (Fsp3) is 0.800. The maximum Gasteiger partial charge on any atom is 0.185 e. The number of aliphatic hydroxyl groups is 1. The number of aromatic nitrogens is 1. The van der Waals surface area contributed by atoms with Crippen LogP contribution in [0.25, 0.3) is 0 Å². The third-order valence-corrected chi connectivity index (χ3v) is 4.64. The van der Waals surface area contributed by atoms with Crippen LogP contribution in [0.4, 0.5) is 5.13 Å². The van der Waals surface area contributed by atoms with Gasteiger partial charge in [0, 0.05) is 25.6 Å². The van der Waals surface area contributed by atoms with Crippen LogP contribution in [0.15, 0.2) is 0 Å². The fourth-order valence-electron chi connectivity index (χ4n) is 2.03. The van der Waals surface area contributed by atoms with Crippen molar-refractivity contribution in [3.05, 3.63) is 10.6 Å². The largest absolute Gasteiger partial charge is 0.391 e. The van der Waals surface area contributed by atoms with Crippen molar-refractivity contribution in [1.29, 1.82) is 0 Å². The van der Waals surface area contributed by atoms with Gasteiger partial charge in [-0.3, -0.25) is 0 Å². The van der Waals surface area contributed by atoms with Crippen LogP contribution in [-0.2, 0) is 16.8 Å². The second kappa shape index (κ2) is 6.41. The minimum atomic E-state index is -0.0316. The van der Waals surface area contributed by atoms with Crippen molar-refractivity contribution in [1.82, 2.24) is 4.98 Å². The average molecular weight is 298 g/mol. The molecule has 0 spiro atoms. The van der Waals surface area contributed by atoms with Gasteiger partial charge in [0.25, 0.3) is 0 Å². The lowest BCUT2D eigenvalue weighted by atomic mass is 9.91. The summed E-state index contributed by atoms with van der Waals surface area (Å²) in [4.78, 5) is 7.79. The van der Waals surface area contributed by atoms with Gasteiger partial charge in [-0.1, -0.05) is 32.1 Å². The maximum absolute atomic E-state index is 9.49. The van der Waals surface area contributed by atoms with Gasteiger partial charge < -0.3 is 14.7 Å². The Morgan fingerprint density at radius 3 is 2.60 bits per heavy atom. The number of hydrogen-bond donors (Lipinski definition) is 1. The number of rotatable bonds is 7. The van der Waals surface area contributed by atoms with Gasteiger partial charge in [-0.05, 0) is 18.8 Å². The highest BCUT2D eigenvalue weighted by molar-refractivity contribution is 7.15. The van der Waals surface area contributed by atoms with Gasteiger partial charge in [-0.2, -0.15) is 0 Å². The normalized spacial score (nSPS) is 15.7. The first kappa shape index (κ1) is 15.7. The van der Waals surface area contributed by atoms with Crippen LogP contribution in [0.3, 0.4) is 0 Å². The summed E-state index contributed by atoms with van der Waals surface area (Å²) in [7, 11) is 2.03. The van der Waals surface area contributed by atoms with Gasteiger partial charge in [0.1, 0.15) is 0 Å². The van der Waals surface area contributed by atoms with Gasteiger partial charge in [0.15, 0.2) is 5.13 Å². The SMILES string of the molecule is CN(CCOCC1CC1)c1nc(C(C)(C)C)c(CO)s1. The van der Waals surface area contributed by atoms with Crippen molar-refractivity contribution in [2.45, 2.75) is 45.6 Å². The summed E-state index contributed by atoms with van der Waals surface area (Å²) in [5, 5.41) is 10.5. The first-order chi connectivity index (χ1) is 9.41. The molecule has 4 nitrogen and oxygen atoms in total. The van der Waals surface area contributed by atoms with Crippen molar-refractivity contribution < 1.29 is 9.84 Å². The number of aliphatic hydroxyl groups excluding tert-OH is 1. The second-order valence-electron chi connectivity index (χ2n) is 6.62. The van der Waals surface area contributed by atoms with E-state index in [1.807, 2.05) is 7.05 Å². The number of ether oxygens (including phenoxy) is 1. The zero-order valence-electron chi connectivity index (χ0n) is 13.0. The van der Waals surface area contributed by atoms with E-state index in [0.29, 0.717) is 0 Å². The summed E-state index contributed by atoms with van der Waals surface area (Å²) in [6.07, 6.45) is 2.66. The molecule has 1 heterocycles. The first-order valence-corrected chi connectivity index (χ1v) is 8.13. The molecule has 0 bridgehead atoms. The van der Waals surface area contributed by atoms with Crippen LogP contribution in [0, 0.1) is 5.92 Å². The summed E-state index contributed by atoms with van der Waals surface area (Å²) in [5.74, 6) is 0.814. The Balaban J connectivity index is 1.91. The zero-order valence-corrected chi connectivity index (χ0v) is 13.8. The predicted octanol–water partition coefficient (Wildman–Crippen LogP) is 2.80. The van der Waals surface area contributed by atoms with E-state index in [1.165, 1.54) is 12.8 Å². The first-order valence-electron chi connectivity index (χ1n) is 7.31. The number of hydrogen-bond acceptors (Lipinski definition) is 5. The van der Waals surface area contributed by atoms with Crippen molar-refractivity contribution >= 4 is 16.5 Å². The fourth-order valence-corrected chi connectivity index (χ4v) is 3.14. The molecule has 0 saturated heterocycles. The molecule has 1 saturated carbocycles. The van der Waals surface area contributed by atoms with Crippen LogP contribution in [0.2, 0.25) is 0 Å². The Bertz CT molecular complexity index is 436. The van der Waals surface area contributed by atoms with Gasteiger partial charge in [-0.25, -0.2) is 4.98 Å². The molecule has 1 aliphatic rings. The highest BCUT2D eigenvalue weighted by Crippen LogP contribution is 2.33. The number of thiazole rings is 1. The predicted molar refractivity (Wildman–Crippen MR) is 83.5 cm³/mol. The lowest BCUT2D eigenvalue weighted by Gasteiger charge is -2.18. The highest BCUT2D eigenvalue weighted by atomic mass is 32.1. The monoisotopic (exact) mass is 298 g/mol. The second-order valence-corrected chi connectivity index (χ2v) is 7.68. The Morgan fingerprint density at radius 2 is 2.10 bits per heavy atom. The van der Waals surface area contributed by atoms with Crippen LogP contribution in [0.5, 0.6) is 0 Å². The van der Waals surface area contributed by atoms with Crippen molar-refractivity contribution in [2.75, 3.05) is 31.7 Å². The average Bonchev–Trinajstić information content (AvgIpc) is 3.08. The molecule has 0 amide bonds. The van der Waals surface area contributed by atoms with Crippen LogP contribution in [-0.4, -0.2) is 36.9 Å².